The normalized spacial score (nSPS) is 16.2. The van der Waals surface area contributed by atoms with Gasteiger partial charge in [0.15, 0.2) is 0 Å². The van der Waals surface area contributed by atoms with Crippen molar-refractivity contribution in [1.82, 2.24) is 5.32 Å². The highest BCUT2D eigenvalue weighted by Crippen LogP contribution is 2.29. The molecule has 0 aromatic heterocycles. The minimum Gasteiger partial charge on any atom is -0.465 e. The second-order valence-electron chi connectivity index (χ2n) is 6.00. The lowest BCUT2D eigenvalue weighted by Crippen LogP contribution is -2.51. The molecule has 1 unspecified atom stereocenters. The van der Waals surface area contributed by atoms with E-state index in [1.54, 1.807) is 0 Å². The molecule has 1 amide bonds. The topological polar surface area (TPSA) is 69.6 Å². The molecular formula is C15H22ClNO3. The largest absolute Gasteiger partial charge is 0.465 e. The quantitative estimate of drug-likeness (QED) is 0.732. The Morgan fingerprint density at radius 1 is 1.30 bits per heavy atom. The molecule has 0 heterocycles. The second-order valence-corrected chi connectivity index (χ2v) is 6.47. The summed E-state index contributed by atoms with van der Waals surface area (Å²) in [6.45, 7) is 5.73. The molecule has 4 nitrogen and oxygen atoms in total. The van der Waals surface area contributed by atoms with Gasteiger partial charge in [0, 0.05) is 0 Å². The van der Waals surface area contributed by atoms with Gasteiger partial charge >= 0.3 is 6.09 Å². The molecular weight excluding hydrogens is 278 g/mol. The standard InChI is InChI=1S/C15H22ClNO3/c1-15(2,3)13(16)12(18)11(17-14(19)20)9-10-7-5-4-6-8-10/h4-8,11-13,17-18H,9H2,1-3H3,(H,19,20)/t11-,12+,13?/m0/s1. The fourth-order valence-electron chi connectivity index (χ4n) is 2.00. The third-order valence-electron chi connectivity index (χ3n) is 3.15. The van der Waals surface area contributed by atoms with Gasteiger partial charge in [-0.25, -0.2) is 4.79 Å². The summed E-state index contributed by atoms with van der Waals surface area (Å²) < 4.78 is 0. The Morgan fingerprint density at radius 2 is 1.85 bits per heavy atom. The summed E-state index contributed by atoms with van der Waals surface area (Å²) in [6.07, 6.45) is -1.73. The number of halogens is 1. The fraction of sp³-hybridized carbons (Fsp3) is 0.533. The van der Waals surface area contributed by atoms with E-state index in [1.165, 1.54) is 0 Å². The van der Waals surface area contributed by atoms with Crippen molar-refractivity contribution in [2.24, 2.45) is 5.41 Å². The molecule has 0 aliphatic heterocycles. The maximum Gasteiger partial charge on any atom is 0.404 e. The Kier molecular flexibility index (Phi) is 5.84. The van der Waals surface area contributed by atoms with Crippen molar-refractivity contribution in [3.8, 4) is 0 Å². The zero-order valence-corrected chi connectivity index (χ0v) is 12.8. The lowest BCUT2D eigenvalue weighted by molar-refractivity contribution is 0.0857. The average molecular weight is 300 g/mol. The third kappa shape index (κ3) is 5.02. The number of hydrogen-bond acceptors (Lipinski definition) is 2. The summed E-state index contributed by atoms with van der Waals surface area (Å²) >= 11 is 6.27. The first-order chi connectivity index (χ1) is 9.21. The van der Waals surface area contributed by atoms with Gasteiger partial charge in [-0.15, -0.1) is 11.6 Å². The molecule has 0 aliphatic carbocycles. The van der Waals surface area contributed by atoms with Crippen LogP contribution in [-0.4, -0.2) is 33.8 Å². The Hall–Kier alpha value is -1.26. The molecule has 3 N–H and O–H groups in total. The first kappa shape index (κ1) is 16.8. The minimum absolute atomic E-state index is 0.323. The lowest BCUT2D eigenvalue weighted by atomic mass is 9.85. The third-order valence-corrected chi connectivity index (χ3v) is 4.06. The van der Waals surface area contributed by atoms with Crippen LogP contribution in [0.1, 0.15) is 26.3 Å². The molecule has 1 aromatic carbocycles. The highest BCUT2D eigenvalue weighted by molar-refractivity contribution is 6.21. The summed E-state index contributed by atoms with van der Waals surface area (Å²) in [4.78, 5) is 10.9. The van der Waals surface area contributed by atoms with Gasteiger partial charge in [-0.3, -0.25) is 0 Å². The summed E-state index contributed by atoms with van der Waals surface area (Å²) in [5.41, 5.74) is 0.624. The summed E-state index contributed by atoms with van der Waals surface area (Å²) in [6, 6.07) is 8.78. The van der Waals surface area contributed by atoms with Crippen molar-refractivity contribution < 1.29 is 15.0 Å². The number of amides is 1. The van der Waals surface area contributed by atoms with Crippen molar-refractivity contribution >= 4 is 17.7 Å². The second kappa shape index (κ2) is 6.95. The van der Waals surface area contributed by atoms with Gasteiger partial charge in [-0.05, 0) is 17.4 Å². The van der Waals surface area contributed by atoms with Crippen LogP contribution in [0.3, 0.4) is 0 Å². The van der Waals surface area contributed by atoms with E-state index in [-0.39, 0.29) is 5.41 Å². The van der Waals surface area contributed by atoms with E-state index < -0.39 is 23.6 Å². The van der Waals surface area contributed by atoms with Gasteiger partial charge in [-0.2, -0.15) is 0 Å². The smallest absolute Gasteiger partial charge is 0.404 e. The van der Waals surface area contributed by atoms with Crippen molar-refractivity contribution in [3.05, 3.63) is 35.9 Å². The maximum absolute atomic E-state index is 10.9. The summed E-state index contributed by atoms with van der Waals surface area (Å²) in [5, 5.41) is 21.1. The Balaban J connectivity index is 2.86. The number of aliphatic hydroxyl groups excluding tert-OH is 1. The first-order valence-electron chi connectivity index (χ1n) is 6.57. The monoisotopic (exact) mass is 299 g/mol. The number of carboxylic acid groups (broad SMARTS) is 1. The molecule has 20 heavy (non-hydrogen) atoms. The first-order valence-corrected chi connectivity index (χ1v) is 7.01. The Morgan fingerprint density at radius 3 is 2.30 bits per heavy atom. The van der Waals surface area contributed by atoms with E-state index in [4.69, 9.17) is 16.7 Å². The van der Waals surface area contributed by atoms with Crippen molar-refractivity contribution in [3.63, 3.8) is 0 Å². The number of hydrogen-bond donors (Lipinski definition) is 3. The summed E-state index contributed by atoms with van der Waals surface area (Å²) in [7, 11) is 0. The Labute approximate surface area is 124 Å². The molecule has 0 saturated carbocycles. The molecule has 0 saturated heterocycles. The molecule has 0 bridgehead atoms. The van der Waals surface area contributed by atoms with Gasteiger partial charge in [0.2, 0.25) is 0 Å². The molecule has 0 spiro atoms. The minimum atomic E-state index is -1.16. The Bertz CT molecular complexity index is 430. The van der Waals surface area contributed by atoms with Crippen LogP contribution in [0.25, 0.3) is 0 Å². The van der Waals surface area contributed by atoms with Crippen molar-refractivity contribution in [2.45, 2.75) is 44.7 Å². The van der Waals surface area contributed by atoms with E-state index in [1.807, 2.05) is 51.1 Å². The molecule has 5 heteroatoms. The van der Waals surface area contributed by atoms with Crippen LogP contribution in [0.15, 0.2) is 30.3 Å². The molecule has 112 valence electrons. The fourth-order valence-corrected chi connectivity index (χ4v) is 2.18. The zero-order valence-electron chi connectivity index (χ0n) is 12.0. The van der Waals surface area contributed by atoms with Crippen LogP contribution in [0.4, 0.5) is 4.79 Å². The molecule has 1 rings (SSSR count). The van der Waals surface area contributed by atoms with E-state index >= 15 is 0 Å². The van der Waals surface area contributed by atoms with Gasteiger partial charge in [-0.1, -0.05) is 51.1 Å². The van der Waals surface area contributed by atoms with Crippen molar-refractivity contribution in [1.29, 1.82) is 0 Å². The highest BCUT2D eigenvalue weighted by atomic mass is 35.5. The number of aliphatic hydroxyl groups is 1. The van der Waals surface area contributed by atoms with Crippen LogP contribution < -0.4 is 5.32 Å². The van der Waals surface area contributed by atoms with Gasteiger partial charge < -0.3 is 15.5 Å². The van der Waals surface area contributed by atoms with Crippen molar-refractivity contribution in [2.75, 3.05) is 0 Å². The lowest BCUT2D eigenvalue weighted by Gasteiger charge is -2.34. The predicted molar refractivity (Wildman–Crippen MR) is 80.2 cm³/mol. The van der Waals surface area contributed by atoms with Crippen LogP contribution in [0.5, 0.6) is 0 Å². The van der Waals surface area contributed by atoms with Gasteiger partial charge in [0.25, 0.3) is 0 Å². The molecule has 0 radical (unpaired) electrons. The number of carbonyl (C=O) groups is 1. The predicted octanol–water partition coefficient (Wildman–Crippen LogP) is 2.88. The van der Waals surface area contributed by atoms with Gasteiger partial charge in [0.1, 0.15) is 0 Å². The average Bonchev–Trinajstić information content (AvgIpc) is 2.36. The van der Waals surface area contributed by atoms with E-state index in [0.717, 1.165) is 5.56 Å². The maximum atomic E-state index is 10.9. The van der Waals surface area contributed by atoms with Crippen LogP contribution in [0.2, 0.25) is 0 Å². The number of benzene rings is 1. The van der Waals surface area contributed by atoms with Crippen LogP contribution >= 0.6 is 11.6 Å². The zero-order chi connectivity index (χ0) is 15.3. The van der Waals surface area contributed by atoms with Crippen LogP contribution in [-0.2, 0) is 6.42 Å². The highest BCUT2D eigenvalue weighted by Gasteiger charge is 2.35. The van der Waals surface area contributed by atoms with E-state index in [0.29, 0.717) is 6.42 Å². The van der Waals surface area contributed by atoms with Crippen LogP contribution in [0, 0.1) is 5.41 Å². The molecule has 0 fully saturated rings. The summed E-state index contributed by atoms with van der Waals surface area (Å²) in [5.74, 6) is 0. The number of alkyl halides is 1. The van der Waals surface area contributed by atoms with E-state index in [9.17, 15) is 9.90 Å². The van der Waals surface area contributed by atoms with E-state index in [2.05, 4.69) is 5.32 Å². The molecule has 3 atom stereocenters. The van der Waals surface area contributed by atoms with Gasteiger partial charge in [0.05, 0.1) is 17.5 Å². The number of nitrogens with one attached hydrogen (secondary N) is 1. The molecule has 1 aromatic rings. The molecule has 0 aliphatic rings. The number of rotatable bonds is 5. The SMILES string of the molecule is CC(C)(C)C(Cl)[C@H](O)[C@H](Cc1ccccc1)NC(=O)O.